The third kappa shape index (κ3) is 6.36. The van der Waals surface area contributed by atoms with Crippen LogP contribution in [-0.4, -0.2) is 67.6 Å². The summed E-state index contributed by atoms with van der Waals surface area (Å²) in [5, 5.41) is 2.69. The number of primary amides is 1. The molecule has 216 valence electrons. The van der Waals surface area contributed by atoms with Gasteiger partial charge in [-0.25, -0.2) is 17.5 Å². The number of alkyl halides is 3. The molecule has 2 aliphatic heterocycles. The van der Waals surface area contributed by atoms with E-state index in [4.69, 9.17) is 5.73 Å². The van der Waals surface area contributed by atoms with Gasteiger partial charge in [-0.15, -0.1) is 0 Å². The number of carbonyl (C=O) groups excluding carboxylic acids is 2. The van der Waals surface area contributed by atoms with E-state index in [1.807, 2.05) is 0 Å². The lowest BCUT2D eigenvalue weighted by molar-refractivity contribution is -0.125. The number of nitrogens with one attached hydrogen (secondary N) is 1. The highest BCUT2D eigenvalue weighted by Gasteiger charge is 2.47. The number of aliphatic imine (C=N–C) groups is 1. The van der Waals surface area contributed by atoms with Gasteiger partial charge in [0.05, 0.1) is 5.75 Å². The number of hydrogen-bond donors (Lipinski definition) is 2. The summed E-state index contributed by atoms with van der Waals surface area (Å²) < 4.78 is 78.5. The fourth-order valence-electron chi connectivity index (χ4n) is 4.79. The van der Waals surface area contributed by atoms with Crippen LogP contribution in [0.2, 0.25) is 0 Å². The molecule has 4 rings (SSSR count). The first-order chi connectivity index (χ1) is 18.7. The Kier molecular flexibility index (Phi) is 8.08. The highest BCUT2D eigenvalue weighted by atomic mass is 32.2. The standard InChI is InChI=1S/C25H27F4N5O5S/c1-16-13-19(34(23(30)36)15-25(26,27)28)6-5-17(16)7-12-40(37,38)33-10-8-24(9-11-33)22(35)31-21(32-24)18-3-2-4-20(14-18)39-29/h2-6,13-14H,7-12,15H2,1H3,(H2,30,36)(H,31,32,35). The summed E-state index contributed by atoms with van der Waals surface area (Å²) in [6.45, 7) is 0.173. The quantitative estimate of drug-likeness (QED) is 0.460. The highest BCUT2D eigenvalue weighted by Crippen LogP contribution is 2.33. The van der Waals surface area contributed by atoms with Gasteiger partial charge in [-0.3, -0.25) is 19.6 Å². The van der Waals surface area contributed by atoms with Gasteiger partial charge in [0.15, 0.2) is 5.75 Å². The van der Waals surface area contributed by atoms with Crippen molar-refractivity contribution in [1.29, 1.82) is 0 Å². The molecule has 10 nitrogen and oxygen atoms in total. The van der Waals surface area contributed by atoms with Gasteiger partial charge in [-0.1, -0.05) is 18.2 Å². The zero-order valence-corrected chi connectivity index (χ0v) is 22.2. The number of piperidine rings is 1. The van der Waals surface area contributed by atoms with Crippen molar-refractivity contribution in [3.8, 4) is 5.75 Å². The summed E-state index contributed by atoms with van der Waals surface area (Å²) in [6, 6.07) is 8.82. The van der Waals surface area contributed by atoms with Crippen molar-refractivity contribution in [3.05, 3.63) is 59.2 Å². The van der Waals surface area contributed by atoms with Crippen LogP contribution in [-0.2, 0) is 21.2 Å². The zero-order chi connectivity index (χ0) is 29.3. The van der Waals surface area contributed by atoms with Crippen LogP contribution in [0.15, 0.2) is 47.5 Å². The molecule has 0 bridgehead atoms. The second-order valence-electron chi connectivity index (χ2n) is 9.67. The molecule has 0 radical (unpaired) electrons. The van der Waals surface area contributed by atoms with E-state index in [9.17, 15) is 35.7 Å². The Bertz CT molecular complexity index is 1440. The van der Waals surface area contributed by atoms with E-state index in [1.165, 1.54) is 34.6 Å². The number of carbonyl (C=O) groups is 2. The maximum absolute atomic E-state index is 13.1. The zero-order valence-electron chi connectivity index (χ0n) is 21.4. The molecule has 2 aliphatic rings. The van der Waals surface area contributed by atoms with E-state index in [1.54, 1.807) is 19.1 Å². The second-order valence-corrected chi connectivity index (χ2v) is 11.8. The van der Waals surface area contributed by atoms with Gasteiger partial charge < -0.3 is 11.1 Å². The summed E-state index contributed by atoms with van der Waals surface area (Å²) in [5.41, 5.74) is 5.47. The van der Waals surface area contributed by atoms with Crippen LogP contribution >= 0.6 is 0 Å². The smallest absolute Gasteiger partial charge is 0.351 e. The van der Waals surface area contributed by atoms with Gasteiger partial charge in [0, 0.05) is 28.9 Å². The number of halogens is 4. The number of sulfonamides is 1. The summed E-state index contributed by atoms with van der Waals surface area (Å²) >= 11 is 0. The minimum atomic E-state index is -4.65. The largest absolute Gasteiger partial charge is 0.406 e. The number of hydrogen-bond acceptors (Lipinski definition) is 6. The van der Waals surface area contributed by atoms with Gasteiger partial charge >= 0.3 is 12.2 Å². The molecule has 2 aromatic rings. The lowest BCUT2D eigenvalue weighted by Gasteiger charge is -2.34. The topological polar surface area (TPSA) is 134 Å². The van der Waals surface area contributed by atoms with Crippen LogP contribution in [0.25, 0.3) is 0 Å². The average Bonchev–Trinajstić information content (AvgIpc) is 3.21. The van der Waals surface area contributed by atoms with Crippen LogP contribution < -0.4 is 20.9 Å². The SMILES string of the molecule is Cc1cc(N(CC(F)(F)F)C(N)=O)ccc1CCS(=O)(=O)N1CCC2(CC1)N=C(c1cccc(OF)c1)NC2=O. The fraction of sp³-hybridized carbons (Fsp3) is 0.400. The van der Waals surface area contributed by atoms with E-state index in [0.717, 1.165) is 0 Å². The number of rotatable bonds is 8. The lowest BCUT2D eigenvalue weighted by Crippen LogP contribution is -2.50. The van der Waals surface area contributed by atoms with Gasteiger partial charge in [0.25, 0.3) is 5.91 Å². The molecule has 0 atom stereocenters. The Morgan fingerprint density at radius 3 is 2.50 bits per heavy atom. The second kappa shape index (κ2) is 11.0. The Balaban J connectivity index is 1.40. The molecule has 3 amide bonds. The number of nitrogens with two attached hydrogens (primary N) is 1. The Morgan fingerprint density at radius 2 is 1.90 bits per heavy atom. The first kappa shape index (κ1) is 29.3. The molecule has 0 saturated carbocycles. The molecule has 0 unspecified atom stereocenters. The van der Waals surface area contributed by atoms with Crippen molar-refractivity contribution < 1.29 is 40.6 Å². The molecular weight excluding hydrogens is 558 g/mol. The molecule has 15 heteroatoms. The Hall–Kier alpha value is -3.72. The van der Waals surface area contributed by atoms with Gasteiger partial charge in [0.2, 0.25) is 10.0 Å². The fourth-order valence-corrected chi connectivity index (χ4v) is 6.27. The molecule has 1 spiro atoms. The number of urea groups is 1. The van der Waals surface area contributed by atoms with Gasteiger partial charge in [0.1, 0.15) is 17.9 Å². The van der Waals surface area contributed by atoms with Crippen LogP contribution in [0, 0.1) is 6.92 Å². The molecule has 40 heavy (non-hydrogen) atoms. The van der Waals surface area contributed by atoms with Crippen LogP contribution in [0.4, 0.5) is 28.2 Å². The molecule has 1 saturated heterocycles. The van der Waals surface area contributed by atoms with E-state index in [-0.39, 0.29) is 61.3 Å². The summed E-state index contributed by atoms with van der Waals surface area (Å²) in [7, 11) is -3.74. The molecule has 1 fully saturated rings. The number of anilines is 1. The van der Waals surface area contributed by atoms with Gasteiger partial charge in [-0.2, -0.15) is 13.2 Å². The third-order valence-electron chi connectivity index (χ3n) is 6.99. The maximum atomic E-state index is 13.1. The molecule has 3 N–H and O–H groups in total. The minimum absolute atomic E-state index is 0.0472. The minimum Gasteiger partial charge on any atom is -0.351 e. The van der Waals surface area contributed by atoms with E-state index in [0.29, 0.717) is 21.6 Å². The molecule has 0 aromatic heterocycles. The Labute approximate surface area is 227 Å². The number of amidine groups is 1. The van der Waals surface area contributed by atoms with Crippen LogP contribution in [0.1, 0.15) is 29.5 Å². The Morgan fingerprint density at radius 1 is 1.20 bits per heavy atom. The van der Waals surface area contributed by atoms with Gasteiger partial charge in [-0.05, 0) is 61.6 Å². The van der Waals surface area contributed by atoms with E-state index in [2.05, 4.69) is 15.3 Å². The van der Waals surface area contributed by atoms with Crippen LogP contribution in [0.5, 0.6) is 5.75 Å². The number of nitrogens with zero attached hydrogens (tertiary/aromatic N) is 3. The van der Waals surface area contributed by atoms with Crippen LogP contribution in [0.3, 0.4) is 0 Å². The summed E-state index contributed by atoms with van der Waals surface area (Å²) in [5.74, 6) is -0.423. The van der Waals surface area contributed by atoms with Crippen molar-refractivity contribution in [1.82, 2.24) is 9.62 Å². The first-order valence-electron chi connectivity index (χ1n) is 12.2. The van der Waals surface area contributed by atoms with Crippen molar-refractivity contribution in [2.75, 3.05) is 30.3 Å². The summed E-state index contributed by atoms with van der Waals surface area (Å²) in [4.78, 5) is 33.0. The van der Waals surface area contributed by atoms with Crippen molar-refractivity contribution in [2.24, 2.45) is 10.7 Å². The predicted molar refractivity (Wildman–Crippen MR) is 138 cm³/mol. The lowest BCUT2D eigenvalue weighted by atomic mass is 9.89. The monoisotopic (exact) mass is 585 g/mol. The molecular formula is C25H27F4N5O5S. The first-order valence-corrected chi connectivity index (χ1v) is 13.9. The van der Waals surface area contributed by atoms with E-state index >= 15 is 0 Å². The molecule has 0 aliphatic carbocycles. The van der Waals surface area contributed by atoms with E-state index < -0.39 is 34.3 Å². The normalized spacial score (nSPS) is 17.4. The summed E-state index contributed by atoms with van der Waals surface area (Å²) in [6.07, 6.45) is -4.26. The number of amides is 3. The van der Waals surface area contributed by atoms with Crippen molar-refractivity contribution in [3.63, 3.8) is 0 Å². The maximum Gasteiger partial charge on any atom is 0.406 e. The highest BCUT2D eigenvalue weighted by molar-refractivity contribution is 7.89. The number of aryl methyl sites for hydroxylation is 2. The predicted octanol–water partition coefficient (Wildman–Crippen LogP) is 2.99. The molecule has 2 heterocycles. The number of benzene rings is 2. The third-order valence-corrected chi connectivity index (χ3v) is 8.86. The van der Waals surface area contributed by atoms with Crippen molar-refractivity contribution in [2.45, 2.75) is 37.9 Å². The average molecular weight is 586 g/mol. The molecule has 2 aromatic carbocycles. The van der Waals surface area contributed by atoms with Crippen molar-refractivity contribution >= 4 is 33.5 Å².